The van der Waals surface area contributed by atoms with Crippen LogP contribution in [0.25, 0.3) is 32.9 Å². The molecule has 0 saturated carbocycles. The molecule has 2 aromatic heterocycles. The summed E-state index contributed by atoms with van der Waals surface area (Å²) >= 11 is 0. The van der Waals surface area contributed by atoms with Crippen molar-refractivity contribution >= 4 is 33.5 Å². The Balaban J connectivity index is 1.77. The van der Waals surface area contributed by atoms with Crippen LogP contribution in [-0.2, 0) is 4.74 Å². The first-order valence-electron chi connectivity index (χ1n) is 10.5. The van der Waals surface area contributed by atoms with Crippen LogP contribution in [0, 0.1) is 0 Å². The lowest BCUT2D eigenvalue weighted by atomic mass is 10.00. The van der Waals surface area contributed by atoms with Gasteiger partial charge in [0.15, 0.2) is 0 Å². The monoisotopic (exact) mass is 417 g/mol. The number of ether oxygens (including phenoxy) is 1. The van der Waals surface area contributed by atoms with Crippen LogP contribution in [0.3, 0.4) is 0 Å². The van der Waals surface area contributed by atoms with Crippen molar-refractivity contribution in [3.05, 3.63) is 54.4 Å². The Labute approximate surface area is 181 Å². The number of rotatable bonds is 8. The quantitative estimate of drug-likeness (QED) is 0.328. The standard InChI is InChI=1S/C24H27N5O2/c1-4-31-24(30)20-15-26-22-9-7-17(16-6-8-21-18(12-16)14-27-28-21)13-19(22)23(20)25-10-5-11-29(2)3/h6-9,12-15H,4-5,10-11H2,1-3H3,(H,25,26)(H,27,28). The first-order valence-corrected chi connectivity index (χ1v) is 10.5. The largest absolute Gasteiger partial charge is 0.462 e. The van der Waals surface area contributed by atoms with Crippen LogP contribution < -0.4 is 5.32 Å². The van der Waals surface area contributed by atoms with Crippen LogP contribution in [0.4, 0.5) is 5.69 Å². The molecule has 4 aromatic rings. The number of esters is 1. The van der Waals surface area contributed by atoms with E-state index in [2.05, 4.69) is 63.8 Å². The molecule has 0 fully saturated rings. The zero-order chi connectivity index (χ0) is 21.8. The third-order valence-electron chi connectivity index (χ3n) is 5.22. The summed E-state index contributed by atoms with van der Waals surface area (Å²) in [7, 11) is 4.10. The summed E-state index contributed by atoms with van der Waals surface area (Å²) in [6, 6.07) is 12.3. The number of fused-ring (bicyclic) bond motifs is 2. The van der Waals surface area contributed by atoms with Crippen molar-refractivity contribution in [2.45, 2.75) is 13.3 Å². The highest BCUT2D eigenvalue weighted by atomic mass is 16.5. The Hall–Kier alpha value is -3.45. The van der Waals surface area contributed by atoms with Crippen molar-refractivity contribution in [3.63, 3.8) is 0 Å². The summed E-state index contributed by atoms with van der Waals surface area (Å²) in [6.45, 7) is 3.83. The summed E-state index contributed by atoms with van der Waals surface area (Å²) in [4.78, 5) is 19.3. The Morgan fingerprint density at radius 1 is 1.13 bits per heavy atom. The maximum absolute atomic E-state index is 12.6. The molecule has 160 valence electrons. The van der Waals surface area contributed by atoms with Crippen LogP contribution in [0.2, 0.25) is 0 Å². The minimum absolute atomic E-state index is 0.321. The van der Waals surface area contributed by atoms with Gasteiger partial charge < -0.3 is 15.0 Å². The van der Waals surface area contributed by atoms with Gasteiger partial charge in [-0.1, -0.05) is 12.1 Å². The molecule has 0 aliphatic heterocycles. The van der Waals surface area contributed by atoms with Crippen molar-refractivity contribution < 1.29 is 9.53 Å². The number of pyridine rings is 1. The van der Waals surface area contributed by atoms with Crippen LogP contribution >= 0.6 is 0 Å². The second-order valence-corrected chi connectivity index (χ2v) is 7.75. The van der Waals surface area contributed by atoms with E-state index < -0.39 is 0 Å². The van der Waals surface area contributed by atoms with Crippen molar-refractivity contribution in [3.8, 4) is 11.1 Å². The zero-order valence-corrected chi connectivity index (χ0v) is 18.1. The number of nitrogens with zero attached hydrogens (tertiary/aromatic N) is 3. The minimum Gasteiger partial charge on any atom is -0.462 e. The fourth-order valence-electron chi connectivity index (χ4n) is 3.66. The van der Waals surface area contributed by atoms with Crippen molar-refractivity contribution in [2.24, 2.45) is 0 Å². The van der Waals surface area contributed by atoms with E-state index in [1.807, 2.05) is 18.3 Å². The molecule has 7 nitrogen and oxygen atoms in total. The van der Waals surface area contributed by atoms with Crippen LogP contribution in [0.15, 0.2) is 48.8 Å². The predicted octanol–water partition coefficient (Wildman–Crippen LogP) is 4.32. The van der Waals surface area contributed by atoms with Crippen LogP contribution in [-0.4, -0.2) is 59.8 Å². The first-order chi connectivity index (χ1) is 15.1. The normalized spacial score (nSPS) is 11.4. The molecule has 2 N–H and O–H groups in total. The van der Waals surface area contributed by atoms with E-state index in [1.165, 1.54) is 0 Å². The van der Waals surface area contributed by atoms with Crippen molar-refractivity contribution in [1.29, 1.82) is 0 Å². The first kappa shape index (κ1) is 20.8. The van der Waals surface area contributed by atoms with E-state index in [-0.39, 0.29) is 5.97 Å². The van der Waals surface area contributed by atoms with E-state index in [0.29, 0.717) is 12.2 Å². The number of carbonyl (C=O) groups is 1. The number of H-pyrrole nitrogens is 1. The molecule has 0 unspecified atom stereocenters. The molecule has 0 aliphatic carbocycles. The maximum atomic E-state index is 12.6. The molecule has 0 bridgehead atoms. The maximum Gasteiger partial charge on any atom is 0.341 e. The number of carbonyl (C=O) groups excluding carboxylic acids is 1. The average molecular weight is 418 g/mol. The van der Waals surface area contributed by atoms with E-state index >= 15 is 0 Å². The summed E-state index contributed by atoms with van der Waals surface area (Å²) in [5.74, 6) is -0.364. The number of hydrogen-bond donors (Lipinski definition) is 2. The smallest absolute Gasteiger partial charge is 0.341 e. The number of hydrogen-bond acceptors (Lipinski definition) is 6. The lowest BCUT2D eigenvalue weighted by Gasteiger charge is -2.16. The molecule has 0 saturated heterocycles. The third kappa shape index (κ3) is 4.51. The second-order valence-electron chi connectivity index (χ2n) is 7.75. The van der Waals surface area contributed by atoms with Gasteiger partial charge in [-0.2, -0.15) is 5.10 Å². The Morgan fingerprint density at radius 2 is 1.94 bits per heavy atom. The lowest BCUT2D eigenvalue weighted by Crippen LogP contribution is -2.17. The second kappa shape index (κ2) is 9.14. The Morgan fingerprint density at radius 3 is 2.74 bits per heavy atom. The molecule has 0 radical (unpaired) electrons. The van der Waals surface area contributed by atoms with E-state index in [1.54, 1.807) is 13.1 Å². The Kier molecular flexibility index (Phi) is 6.13. The van der Waals surface area contributed by atoms with Gasteiger partial charge in [0.05, 0.1) is 29.5 Å². The number of anilines is 1. The molecule has 0 spiro atoms. The fourth-order valence-corrected chi connectivity index (χ4v) is 3.66. The number of nitrogens with one attached hydrogen (secondary N) is 2. The highest BCUT2D eigenvalue weighted by Gasteiger charge is 2.17. The topological polar surface area (TPSA) is 83.1 Å². The molecule has 4 rings (SSSR count). The van der Waals surface area contributed by atoms with Crippen molar-refractivity contribution in [2.75, 3.05) is 39.1 Å². The molecule has 2 heterocycles. The zero-order valence-electron chi connectivity index (χ0n) is 18.1. The summed E-state index contributed by atoms with van der Waals surface area (Å²) in [6.07, 6.45) is 4.37. The minimum atomic E-state index is -0.364. The number of aromatic nitrogens is 3. The molecular weight excluding hydrogens is 390 g/mol. The van der Waals surface area contributed by atoms with E-state index in [4.69, 9.17) is 4.74 Å². The van der Waals surface area contributed by atoms with Gasteiger partial charge in [-0.25, -0.2) is 4.79 Å². The van der Waals surface area contributed by atoms with E-state index in [9.17, 15) is 4.79 Å². The molecule has 2 aromatic carbocycles. The average Bonchev–Trinajstić information content (AvgIpc) is 3.24. The summed E-state index contributed by atoms with van der Waals surface area (Å²) in [5, 5.41) is 12.5. The third-order valence-corrected chi connectivity index (χ3v) is 5.22. The van der Waals surface area contributed by atoms with Gasteiger partial charge >= 0.3 is 5.97 Å². The number of benzene rings is 2. The van der Waals surface area contributed by atoms with Gasteiger partial charge in [-0.05, 0) is 69.4 Å². The van der Waals surface area contributed by atoms with Gasteiger partial charge in [0.25, 0.3) is 0 Å². The van der Waals surface area contributed by atoms with Crippen LogP contribution in [0.1, 0.15) is 23.7 Å². The molecule has 0 aliphatic rings. The number of aromatic amines is 1. The SMILES string of the molecule is CCOC(=O)c1cnc2ccc(-c3ccc4[nH]ncc4c3)cc2c1NCCCN(C)C. The lowest BCUT2D eigenvalue weighted by molar-refractivity contribution is 0.0527. The molecule has 0 atom stereocenters. The molecular formula is C24H27N5O2. The van der Waals surface area contributed by atoms with Gasteiger partial charge in [-0.3, -0.25) is 10.1 Å². The van der Waals surface area contributed by atoms with Crippen LogP contribution in [0.5, 0.6) is 0 Å². The summed E-state index contributed by atoms with van der Waals surface area (Å²) in [5.41, 5.74) is 5.19. The fraction of sp³-hybridized carbons (Fsp3) is 0.292. The highest BCUT2D eigenvalue weighted by molar-refractivity contribution is 6.06. The van der Waals surface area contributed by atoms with Gasteiger partial charge in [0.2, 0.25) is 0 Å². The predicted molar refractivity (Wildman–Crippen MR) is 124 cm³/mol. The Bertz CT molecular complexity index is 1220. The summed E-state index contributed by atoms with van der Waals surface area (Å²) < 4.78 is 5.28. The van der Waals surface area contributed by atoms with Gasteiger partial charge in [-0.15, -0.1) is 0 Å². The van der Waals surface area contributed by atoms with Gasteiger partial charge in [0, 0.05) is 23.5 Å². The highest BCUT2D eigenvalue weighted by Crippen LogP contribution is 2.32. The van der Waals surface area contributed by atoms with Gasteiger partial charge in [0.1, 0.15) is 5.56 Å². The molecule has 7 heteroatoms. The van der Waals surface area contributed by atoms with Crippen molar-refractivity contribution in [1.82, 2.24) is 20.1 Å². The van der Waals surface area contributed by atoms with E-state index in [0.717, 1.165) is 58.1 Å². The molecule has 31 heavy (non-hydrogen) atoms. The molecule has 0 amide bonds.